The van der Waals surface area contributed by atoms with Crippen molar-refractivity contribution in [1.82, 2.24) is 21.3 Å². The van der Waals surface area contributed by atoms with Gasteiger partial charge in [0.05, 0.1) is 19.1 Å². The molecule has 0 radical (unpaired) electrons. The summed E-state index contributed by atoms with van der Waals surface area (Å²) < 4.78 is 0. The Morgan fingerprint density at radius 3 is 1.88 bits per heavy atom. The summed E-state index contributed by atoms with van der Waals surface area (Å²) in [5, 5.41) is 74.0. The number of hydrogen-bond donors (Lipinski definition) is 13. The van der Waals surface area contributed by atoms with Crippen LogP contribution in [-0.2, 0) is 28.8 Å². The quantitative estimate of drug-likeness (QED) is 0.0568. The van der Waals surface area contributed by atoms with Crippen molar-refractivity contribution in [2.75, 3.05) is 25.4 Å². The number of aliphatic hydroxyl groups excluding tert-OH is 5. The average molecular weight is 614 g/mol. The first kappa shape index (κ1) is 37.9. The molecule has 41 heavy (non-hydrogen) atoms. The van der Waals surface area contributed by atoms with E-state index in [1.165, 1.54) is 6.92 Å². The molecule has 0 bridgehead atoms. The minimum absolute atomic E-state index is 0.0142. The lowest BCUT2D eigenvalue weighted by Crippen LogP contribution is -2.57. The predicted octanol–water partition coefficient (Wildman–Crippen LogP) is -6.14. The van der Waals surface area contributed by atoms with Crippen molar-refractivity contribution in [3.05, 3.63) is 0 Å². The maximum absolute atomic E-state index is 12.4. The molecular weight excluding hydrogens is 574 g/mol. The Morgan fingerprint density at radius 1 is 0.805 bits per heavy atom. The monoisotopic (exact) mass is 613 g/mol. The molecule has 0 aromatic heterocycles. The topological polar surface area (TPSA) is 318 Å². The van der Waals surface area contributed by atoms with Gasteiger partial charge >= 0.3 is 11.9 Å². The van der Waals surface area contributed by atoms with Crippen molar-refractivity contribution < 1.29 is 64.5 Å². The highest BCUT2D eigenvalue weighted by atomic mass is 32.1. The molecule has 236 valence electrons. The van der Waals surface area contributed by atoms with Gasteiger partial charge in [-0.25, -0.2) is 4.79 Å². The summed E-state index contributed by atoms with van der Waals surface area (Å²) >= 11 is 3.78. The van der Waals surface area contributed by atoms with Gasteiger partial charge in [-0.05, 0) is 6.42 Å². The van der Waals surface area contributed by atoms with Crippen LogP contribution >= 0.6 is 12.6 Å². The molecule has 0 spiro atoms. The molecule has 0 saturated heterocycles. The SMILES string of the molecule is C[C@@H](CCC(=O)NC[C@H](O)[C@@H](O)[C@H](O)[C@H](O)CO)C(=O)NC[C@H](N)C(=O)N[C@@H](CC(=O)O)C(=O)NC(CS)C(=O)O. The van der Waals surface area contributed by atoms with E-state index in [0.717, 1.165) is 0 Å². The number of carbonyl (C=O) groups is 6. The number of rotatable bonds is 20. The van der Waals surface area contributed by atoms with Crippen LogP contribution in [0.25, 0.3) is 0 Å². The first-order valence-corrected chi connectivity index (χ1v) is 13.0. The Kier molecular flexibility index (Phi) is 17.7. The summed E-state index contributed by atoms with van der Waals surface area (Å²) in [5.74, 6) is -7.26. The lowest BCUT2D eigenvalue weighted by molar-refractivity contribution is -0.143. The second kappa shape index (κ2) is 19.1. The van der Waals surface area contributed by atoms with E-state index in [1.807, 2.05) is 5.32 Å². The molecule has 0 heterocycles. The Bertz CT molecular complexity index is 911. The lowest BCUT2D eigenvalue weighted by atomic mass is 10.0. The fourth-order valence-electron chi connectivity index (χ4n) is 3.07. The van der Waals surface area contributed by atoms with Crippen molar-refractivity contribution in [3.63, 3.8) is 0 Å². The van der Waals surface area contributed by atoms with Gasteiger partial charge in [0.15, 0.2) is 0 Å². The number of nitrogens with two attached hydrogens (primary N) is 1. The van der Waals surface area contributed by atoms with Crippen LogP contribution < -0.4 is 27.0 Å². The van der Waals surface area contributed by atoms with Crippen molar-refractivity contribution in [2.45, 2.75) is 68.7 Å². The normalized spacial score (nSPS) is 17.0. The van der Waals surface area contributed by atoms with Crippen molar-refractivity contribution >= 4 is 48.2 Å². The Morgan fingerprint density at radius 2 is 1.37 bits per heavy atom. The summed E-state index contributed by atoms with van der Waals surface area (Å²) in [4.78, 5) is 71.1. The number of hydrogen-bond acceptors (Lipinski definition) is 13. The minimum Gasteiger partial charge on any atom is -0.481 e. The predicted molar refractivity (Wildman–Crippen MR) is 141 cm³/mol. The molecule has 0 aromatic carbocycles. The number of aliphatic carboxylic acids is 2. The van der Waals surface area contributed by atoms with Crippen LogP contribution in [0.2, 0.25) is 0 Å². The maximum Gasteiger partial charge on any atom is 0.327 e. The van der Waals surface area contributed by atoms with Crippen LogP contribution in [0.5, 0.6) is 0 Å². The zero-order chi connectivity index (χ0) is 31.9. The van der Waals surface area contributed by atoms with Gasteiger partial charge in [-0.1, -0.05) is 6.92 Å². The molecule has 0 aliphatic rings. The second-order valence-corrected chi connectivity index (χ2v) is 9.50. The van der Waals surface area contributed by atoms with Crippen molar-refractivity contribution in [3.8, 4) is 0 Å². The van der Waals surface area contributed by atoms with Crippen molar-refractivity contribution in [2.24, 2.45) is 11.7 Å². The number of carbonyl (C=O) groups excluding carboxylic acids is 4. The van der Waals surface area contributed by atoms with Gasteiger partial charge in [0.2, 0.25) is 23.6 Å². The molecule has 8 atom stereocenters. The van der Waals surface area contributed by atoms with Gasteiger partial charge in [0.1, 0.15) is 36.4 Å². The summed E-state index contributed by atoms with van der Waals surface area (Å²) in [6.45, 7) is -0.316. The Hall–Kier alpha value is -3.07. The van der Waals surface area contributed by atoms with Gasteiger partial charge in [0.25, 0.3) is 0 Å². The number of amides is 4. The van der Waals surface area contributed by atoms with E-state index in [4.69, 9.17) is 21.1 Å². The molecular formula is C22H39N5O13S. The van der Waals surface area contributed by atoms with E-state index in [-0.39, 0.29) is 18.6 Å². The molecule has 0 saturated carbocycles. The number of carboxylic acid groups (broad SMARTS) is 2. The van der Waals surface area contributed by atoms with Gasteiger partial charge in [-0.15, -0.1) is 0 Å². The van der Waals surface area contributed by atoms with Gasteiger partial charge in [0, 0.05) is 31.2 Å². The zero-order valence-corrected chi connectivity index (χ0v) is 23.1. The summed E-state index contributed by atoms with van der Waals surface area (Å²) in [6.07, 6.45) is -8.13. The molecule has 0 aliphatic heterocycles. The van der Waals surface area contributed by atoms with Crippen LogP contribution in [-0.4, -0.2) is 139 Å². The smallest absolute Gasteiger partial charge is 0.327 e. The van der Waals surface area contributed by atoms with E-state index in [9.17, 15) is 49.2 Å². The Balaban J connectivity index is 4.71. The van der Waals surface area contributed by atoms with Gasteiger partial charge in [-0.2, -0.15) is 12.6 Å². The second-order valence-electron chi connectivity index (χ2n) is 9.13. The number of thiol groups is 1. The fourth-order valence-corrected chi connectivity index (χ4v) is 3.31. The fraction of sp³-hybridized carbons (Fsp3) is 0.727. The van der Waals surface area contributed by atoms with E-state index < -0.39 is 110 Å². The zero-order valence-electron chi connectivity index (χ0n) is 22.2. The first-order chi connectivity index (χ1) is 19.0. The third-order valence-corrected chi connectivity index (χ3v) is 6.09. The number of carboxylic acids is 2. The van der Waals surface area contributed by atoms with E-state index in [1.54, 1.807) is 0 Å². The van der Waals surface area contributed by atoms with Crippen LogP contribution in [0.4, 0.5) is 0 Å². The first-order valence-electron chi connectivity index (χ1n) is 12.3. The molecule has 18 nitrogen and oxygen atoms in total. The molecule has 0 rings (SSSR count). The van der Waals surface area contributed by atoms with E-state index in [0.29, 0.717) is 0 Å². The highest BCUT2D eigenvalue weighted by Gasteiger charge is 2.31. The van der Waals surface area contributed by atoms with E-state index >= 15 is 0 Å². The summed E-state index contributed by atoms with van der Waals surface area (Å²) in [6, 6.07) is -4.53. The van der Waals surface area contributed by atoms with Crippen LogP contribution in [0, 0.1) is 5.92 Å². The average Bonchev–Trinajstić information content (AvgIpc) is 2.93. The molecule has 13 N–H and O–H groups in total. The molecule has 0 aliphatic carbocycles. The lowest BCUT2D eigenvalue weighted by Gasteiger charge is -2.25. The molecule has 4 amide bonds. The molecule has 0 fully saturated rings. The standard InChI is InChI=1S/C22H39N5O13S/c1-9(2-3-15(31)24-6-13(29)17(34)18(35)14(30)7-28)19(36)25-5-10(23)20(37)26-11(4-16(32)33)21(38)27-12(8-41)22(39)40/h9-14,17-18,28-30,34-35,41H,2-8,23H2,1H3,(H,24,31)(H,25,36)(H,26,37)(H,27,38)(H,32,33)(H,39,40)/t9-,10-,11-,12?,13-,14+,17+,18+/m0/s1. The summed E-state index contributed by atoms with van der Waals surface area (Å²) in [7, 11) is 0. The minimum atomic E-state index is -1.85. The third-order valence-electron chi connectivity index (χ3n) is 5.73. The Labute approximate surface area is 240 Å². The van der Waals surface area contributed by atoms with Gasteiger partial charge in [-0.3, -0.25) is 24.0 Å². The van der Waals surface area contributed by atoms with Gasteiger partial charge < -0.3 is 62.7 Å². The van der Waals surface area contributed by atoms with E-state index in [2.05, 4.69) is 28.6 Å². The van der Waals surface area contributed by atoms with Crippen LogP contribution in [0.3, 0.4) is 0 Å². The van der Waals surface area contributed by atoms with Crippen molar-refractivity contribution in [1.29, 1.82) is 0 Å². The molecule has 19 heteroatoms. The highest BCUT2D eigenvalue weighted by Crippen LogP contribution is 2.07. The molecule has 0 aromatic rings. The van der Waals surface area contributed by atoms with Crippen LogP contribution in [0.1, 0.15) is 26.2 Å². The third kappa shape index (κ3) is 14.4. The number of aliphatic hydroxyl groups is 5. The highest BCUT2D eigenvalue weighted by molar-refractivity contribution is 7.80. The van der Waals surface area contributed by atoms with Crippen LogP contribution in [0.15, 0.2) is 0 Å². The summed E-state index contributed by atoms with van der Waals surface area (Å²) in [5.41, 5.74) is 5.72. The maximum atomic E-state index is 12.4. The number of nitrogens with one attached hydrogen (secondary N) is 4. The molecule has 1 unspecified atom stereocenters. The largest absolute Gasteiger partial charge is 0.481 e.